The molecule has 1 aromatic rings. The lowest BCUT2D eigenvalue weighted by atomic mass is 10.2. The van der Waals surface area contributed by atoms with Crippen LogP contribution >= 0.6 is 0 Å². The molecule has 0 saturated heterocycles. The van der Waals surface area contributed by atoms with Crippen molar-refractivity contribution in [1.82, 2.24) is 0 Å². The van der Waals surface area contributed by atoms with Crippen molar-refractivity contribution in [3.05, 3.63) is 29.6 Å². The number of halogens is 3. The first-order chi connectivity index (χ1) is 7.79. The van der Waals surface area contributed by atoms with Gasteiger partial charge >= 0.3 is 0 Å². The van der Waals surface area contributed by atoms with Gasteiger partial charge in [-0.2, -0.15) is 0 Å². The van der Waals surface area contributed by atoms with Crippen LogP contribution in [-0.4, -0.2) is 27.0 Å². The zero-order valence-corrected chi connectivity index (χ0v) is 9.95. The second-order valence-corrected chi connectivity index (χ2v) is 5.91. The van der Waals surface area contributed by atoms with Crippen LogP contribution in [0.15, 0.2) is 12.1 Å². The Balaban J connectivity index is 2.58. The molecule has 0 radical (unpaired) electrons. The Morgan fingerprint density at radius 1 is 1.18 bits per heavy atom. The maximum Gasteiger partial charge on any atom is 0.152 e. The van der Waals surface area contributed by atoms with Crippen molar-refractivity contribution >= 4 is 15.5 Å². The fourth-order valence-electron chi connectivity index (χ4n) is 1.26. The highest BCUT2D eigenvalue weighted by atomic mass is 32.2. The Labute approximate surface area is 97.6 Å². The van der Waals surface area contributed by atoms with E-state index < -0.39 is 33.0 Å². The first-order valence-electron chi connectivity index (χ1n) is 4.86. The van der Waals surface area contributed by atoms with Gasteiger partial charge in [-0.15, -0.1) is 0 Å². The van der Waals surface area contributed by atoms with E-state index in [0.29, 0.717) is 12.1 Å². The Kier molecular flexibility index (Phi) is 4.39. The third-order valence-electron chi connectivity index (χ3n) is 2.00. The van der Waals surface area contributed by atoms with Crippen molar-refractivity contribution in [2.75, 3.05) is 23.9 Å². The van der Waals surface area contributed by atoms with E-state index >= 15 is 0 Å². The molecule has 0 bridgehead atoms. The van der Waals surface area contributed by atoms with E-state index in [-0.39, 0.29) is 18.7 Å². The lowest BCUT2D eigenvalue weighted by Gasteiger charge is -2.08. The predicted octanol–water partition coefficient (Wildman–Crippen LogP) is 1.95. The monoisotopic (exact) mass is 267 g/mol. The summed E-state index contributed by atoms with van der Waals surface area (Å²) in [6.45, 7) is 0.0898. The van der Waals surface area contributed by atoms with Gasteiger partial charge in [-0.1, -0.05) is 0 Å². The molecule has 96 valence electrons. The summed E-state index contributed by atoms with van der Waals surface area (Å²) in [5.74, 6) is -3.16. The quantitative estimate of drug-likeness (QED) is 0.829. The maximum atomic E-state index is 13.1. The molecule has 0 heterocycles. The second kappa shape index (κ2) is 5.39. The molecule has 0 fully saturated rings. The Bertz CT molecular complexity index is 479. The molecule has 3 nitrogen and oxygen atoms in total. The van der Waals surface area contributed by atoms with Crippen LogP contribution in [0.1, 0.15) is 6.42 Å². The van der Waals surface area contributed by atoms with Crippen LogP contribution in [0.25, 0.3) is 0 Å². The van der Waals surface area contributed by atoms with E-state index in [1.807, 2.05) is 0 Å². The van der Waals surface area contributed by atoms with Crippen molar-refractivity contribution < 1.29 is 21.6 Å². The summed E-state index contributed by atoms with van der Waals surface area (Å²) in [5.41, 5.74) is -0.445. The van der Waals surface area contributed by atoms with Crippen molar-refractivity contribution in [1.29, 1.82) is 0 Å². The van der Waals surface area contributed by atoms with Crippen LogP contribution in [0, 0.1) is 17.5 Å². The van der Waals surface area contributed by atoms with Crippen LogP contribution in [0.3, 0.4) is 0 Å². The summed E-state index contributed by atoms with van der Waals surface area (Å²) in [7, 11) is -3.09. The average molecular weight is 267 g/mol. The molecule has 7 heteroatoms. The van der Waals surface area contributed by atoms with Crippen LogP contribution in [-0.2, 0) is 9.84 Å². The molecule has 0 amide bonds. The minimum absolute atomic E-state index is 0.0789. The second-order valence-electron chi connectivity index (χ2n) is 3.65. The van der Waals surface area contributed by atoms with Crippen molar-refractivity contribution in [3.63, 3.8) is 0 Å². The summed E-state index contributed by atoms with van der Waals surface area (Å²) < 4.78 is 60.4. The standard InChI is InChI=1S/C10H12F3NO2S/c1-17(15,16)4-2-3-14-10-8(12)5-7(11)6-9(10)13/h5-6,14H,2-4H2,1H3. The van der Waals surface area contributed by atoms with E-state index in [0.717, 1.165) is 6.26 Å². The number of sulfone groups is 1. The van der Waals surface area contributed by atoms with Gasteiger partial charge in [0, 0.05) is 24.9 Å². The fourth-order valence-corrected chi connectivity index (χ4v) is 1.93. The van der Waals surface area contributed by atoms with Crippen LogP contribution in [0.2, 0.25) is 0 Å². The largest absolute Gasteiger partial charge is 0.380 e. The van der Waals surface area contributed by atoms with Crippen molar-refractivity contribution in [3.8, 4) is 0 Å². The van der Waals surface area contributed by atoms with Gasteiger partial charge in [-0.25, -0.2) is 21.6 Å². The van der Waals surface area contributed by atoms with Crippen LogP contribution in [0.5, 0.6) is 0 Å². The third kappa shape index (κ3) is 4.64. The zero-order valence-electron chi connectivity index (χ0n) is 9.13. The van der Waals surface area contributed by atoms with E-state index in [9.17, 15) is 21.6 Å². The normalized spacial score (nSPS) is 11.5. The summed E-state index contributed by atoms with van der Waals surface area (Å²) in [5, 5.41) is 2.40. The lowest BCUT2D eigenvalue weighted by molar-refractivity contribution is 0.547. The van der Waals surface area contributed by atoms with Crippen LogP contribution in [0.4, 0.5) is 18.9 Å². The number of benzene rings is 1. The molecule has 1 rings (SSSR count). The Hall–Kier alpha value is -1.24. The van der Waals surface area contributed by atoms with E-state index in [4.69, 9.17) is 0 Å². The molecule has 0 atom stereocenters. The topological polar surface area (TPSA) is 46.2 Å². The first kappa shape index (κ1) is 13.8. The third-order valence-corrected chi connectivity index (χ3v) is 3.03. The van der Waals surface area contributed by atoms with E-state index in [1.165, 1.54) is 0 Å². The summed E-state index contributed by atoms with van der Waals surface area (Å²) in [4.78, 5) is 0. The zero-order chi connectivity index (χ0) is 13.1. The predicted molar refractivity (Wildman–Crippen MR) is 59.1 cm³/mol. The highest BCUT2D eigenvalue weighted by Crippen LogP contribution is 2.19. The molecule has 0 aliphatic carbocycles. The molecule has 0 aromatic heterocycles. The first-order valence-corrected chi connectivity index (χ1v) is 6.92. The van der Waals surface area contributed by atoms with Gasteiger partial charge in [-0.3, -0.25) is 0 Å². The van der Waals surface area contributed by atoms with Crippen LogP contribution < -0.4 is 5.32 Å². The molecule has 17 heavy (non-hydrogen) atoms. The van der Waals surface area contributed by atoms with Gasteiger partial charge in [0.15, 0.2) is 11.6 Å². The average Bonchev–Trinajstić information content (AvgIpc) is 2.13. The van der Waals surface area contributed by atoms with Gasteiger partial charge < -0.3 is 5.32 Å². The number of hydrogen-bond acceptors (Lipinski definition) is 3. The van der Waals surface area contributed by atoms with Crippen molar-refractivity contribution in [2.24, 2.45) is 0 Å². The summed E-state index contributed by atoms with van der Waals surface area (Å²) >= 11 is 0. The SMILES string of the molecule is CS(=O)(=O)CCCNc1c(F)cc(F)cc1F. The van der Waals surface area contributed by atoms with Gasteiger partial charge in [0.05, 0.1) is 5.75 Å². The molecule has 0 spiro atoms. The summed E-state index contributed by atoms with van der Waals surface area (Å²) in [6.07, 6.45) is 1.29. The fraction of sp³-hybridized carbons (Fsp3) is 0.400. The Morgan fingerprint density at radius 3 is 2.18 bits per heavy atom. The van der Waals surface area contributed by atoms with Gasteiger partial charge in [0.2, 0.25) is 0 Å². The molecule has 1 aromatic carbocycles. The maximum absolute atomic E-state index is 13.1. The molecule has 1 N–H and O–H groups in total. The number of anilines is 1. The molecule has 0 aliphatic heterocycles. The van der Waals surface area contributed by atoms with Gasteiger partial charge in [0.1, 0.15) is 21.3 Å². The number of hydrogen-bond donors (Lipinski definition) is 1. The molecular formula is C10H12F3NO2S. The highest BCUT2D eigenvalue weighted by Gasteiger charge is 2.11. The highest BCUT2D eigenvalue weighted by molar-refractivity contribution is 7.90. The molecular weight excluding hydrogens is 255 g/mol. The summed E-state index contributed by atoms with van der Waals surface area (Å²) in [6, 6.07) is 1.12. The Morgan fingerprint density at radius 2 is 1.71 bits per heavy atom. The van der Waals surface area contributed by atoms with E-state index in [2.05, 4.69) is 5.32 Å². The minimum atomic E-state index is -3.09. The lowest BCUT2D eigenvalue weighted by Crippen LogP contribution is -2.11. The van der Waals surface area contributed by atoms with Gasteiger partial charge in [0.25, 0.3) is 0 Å². The van der Waals surface area contributed by atoms with Gasteiger partial charge in [-0.05, 0) is 6.42 Å². The molecule has 0 unspecified atom stereocenters. The minimum Gasteiger partial charge on any atom is -0.380 e. The number of nitrogens with one attached hydrogen (secondary N) is 1. The number of rotatable bonds is 5. The smallest absolute Gasteiger partial charge is 0.152 e. The molecule has 0 aliphatic rings. The van der Waals surface area contributed by atoms with Crippen molar-refractivity contribution in [2.45, 2.75) is 6.42 Å². The van der Waals surface area contributed by atoms with E-state index in [1.54, 1.807) is 0 Å². The molecule has 0 saturated carbocycles.